The van der Waals surface area contributed by atoms with Crippen molar-refractivity contribution >= 4 is 23.9 Å². The van der Waals surface area contributed by atoms with Gasteiger partial charge in [-0.3, -0.25) is 19.2 Å². The van der Waals surface area contributed by atoms with Gasteiger partial charge in [0.1, 0.15) is 12.4 Å². The first kappa shape index (κ1) is 20.1. The van der Waals surface area contributed by atoms with Crippen molar-refractivity contribution in [2.45, 2.75) is 39.9 Å². The van der Waals surface area contributed by atoms with Crippen molar-refractivity contribution in [3.8, 4) is 5.75 Å². The smallest absolute Gasteiger partial charge is 0.308 e. The van der Waals surface area contributed by atoms with E-state index in [1.54, 1.807) is 12.1 Å². The van der Waals surface area contributed by atoms with Gasteiger partial charge in [0.2, 0.25) is 0 Å². The average molecular weight is 352 g/mol. The molecule has 0 bridgehead atoms. The second-order valence-electron chi connectivity index (χ2n) is 5.14. The molecular formula is C17H20O8. The number of rotatable bonds is 7. The van der Waals surface area contributed by atoms with Crippen LogP contribution in [0.25, 0.3) is 0 Å². The zero-order valence-electron chi connectivity index (χ0n) is 14.4. The third-order valence-corrected chi connectivity index (χ3v) is 2.87. The van der Waals surface area contributed by atoms with E-state index in [1.807, 2.05) is 0 Å². The third kappa shape index (κ3) is 7.47. The Labute approximate surface area is 145 Å². The molecule has 0 aromatic heterocycles. The molecule has 8 nitrogen and oxygen atoms in total. The molecule has 1 rings (SSSR count). The van der Waals surface area contributed by atoms with Gasteiger partial charge in [-0.2, -0.15) is 0 Å². The van der Waals surface area contributed by atoms with Crippen molar-refractivity contribution in [2.24, 2.45) is 0 Å². The van der Waals surface area contributed by atoms with Crippen molar-refractivity contribution in [1.29, 1.82) is 0 Å². The van der Waals surface area contributed by atoms with Gasteiger partial charge in [-0.15, -0.1) is 0 Å². The highest BCUT2D eigenvalue weighted by Crippen LogP contribution is 2.26. The predicted molar refractivity (Wildman–Crippen MR) is 84.4 cm³/mol. The van der Waals surface area contributed by atoms with Gasteiger partial charge in [0.25, 0.3) is 0 Å². The van der Waals surface area contributed by atoms with E-state index < -0.39 is 36.1 Å². The highest BCUT2D eigenvalue weighted by atomic mass is 16.6. The molecule has 0 N–H and O–H groups in total. The van der Waals surface area contributed by atoms with E-state index in [2.05, 4.69) is 0 Å². The minimum absolute atomic E-state index is 0.279. The minimum Gasteiger partial charge on any atom is -0.462 e. The summed E-state index contributed by atoms with van der Waals surface area (Å²) in [5.74, 6) is -1.96. The number of hydrogen-bond donors (Lipinski definition) is 0. The van der Waals surface area contributed by atoms with E-state index in [-0.39, 0.29) is 6.61 Å². The summed E-state index contributed by atoms with van der Waals surface area (Å²) in [6.07, 6.45) is -2.02. The Morgan fingerprint density at radius 3 is 1.80 bits per heavy atom. The van der Waals surface area contributed by atoms with Crippen LogP contribution in [0.3, 0.4) is 0 Å². The van der Waals surface area contributed by atoms with Crippen molar-refractivity contribution < 1.29 is 38.1 Å². The fraction of sp³-hybridized carbons (Fsp3) is 0.412. The first-order valence-corrected chi connectivity index (χ1v) is 7.45. The largest absolute Gasteiger partial charge is 0.462 e. The van der Waals surface area contributed by atoms with Crippen LogP contribution in [0.2, 0.25) is 0 Å². The molecule has 1 aromatic rings. The molecule has 0 saturated carbocycles. The minimum atomic E-state index is -1.02. The normalized spacial score (nSPS) is 12.5. The monoisotopic (exact) mass is 352 g/mol. The summed E-state index contributed by atoms with van der Waals surface area (Å²) in [4.78, 5) is 44.8. The van der Waals surface area contributed by atoms with E-state index >= 15 is 0 Å². The van der Waals surface area contributed by atoms with E-state index in [9.17, 15) is 19.2 Å². The molecule has 0 aliphatic heterocycles. The van der Waals surface area contributed by atoms with Crippen LogP contribution in [0.5, 0.6) is 5.75 Å². The summed E-state index contributed by atoms with van der Waals surface area (Å²) in [7, 11) is 0. The predicted octanol–water partition coefficient (Wildman–Crippen LogP) is 1.71. The molecular weight excluding hydrogens is 332 g/mol. The molecule has 2 atom stereocenters. The van der Waals surface area contributed by atoms with Gasteiger partial charge in [0.05, 0.1) is 0 Å². The fourth-order valence-corrected chi connectivity index (χ4v) is 2.02. The molecule has 0 radical (unpaired) electrons. The Morgan fingerprint density at radius 1 is 0.800 bits per heavy atom. The van der Waals surface area contributed by atoms with Crippen LogP contribution in [-0.4, -0.2) is 36.6 Å². The Kier molecular flexibility index (Phi) is 7.58. The summed E-state index contributed by atoms with van der Waals surface area (Å²) >= 11 is 0. The molecule has 0 aliphatic carbocycles. The maximum Gasteiger partial charge on any atom is 0.308 e. The number of esters is 4. The quantitative estimate of drug-likeness (QED) is 0.415. The third-order valence-electron chi connectivity index (χ3n) is 2.87. The standard InChI is InChI=1S/C17H20O8/c1-10(18)22-9-16(24-12(3)20)17(25-13(4)21)14-5-7-15(8-6-14)23-11(2)19/h5-8,16-17H,9H2,1-4H3/t16-,17+/m1/s1. The number of carbonyl (C=O) groups is 4. The van der Waals surface area contributed by atoms with Crippen LogP contribution in [0.4, 0.5) is 0 Å². The number of benzene rings is 1. The lowest BCUT2D eigenvalue weighted by Crippen LogP contribution is -2.32. The highest BCUT2D eigenvalue weighted by molar-refractivity contribution is 5.69. The molecule has 0 unspecified atom stereocenters. The van der Waals surface area contributed by atoms with Crippen molar-refractivity contribution in [1.82, 2.24) is 0 Å². The molecule has 0 heterocycles. The maximum atomic E-state index is 11.4. The summed E-state index contributed by atoms with van der Waals surface area (Å²) in [5, 5.41) is 0. The average Bonchev–Trinajstić information content (AvgIpc) is 2.49. The van der Waals surface area contributed by atoms with E-state index in [1.165, 1.54) is 39.8 Å². The van der Waals surface area contributed by atoms with E-state index in [4.69, 9.17) is 18.9 Å². The van der Waals surface area contributed by atoms with Crippen molar-refractivity contribution in [3.63, 3.8) is 0 Å². The molecule has 8 heteroatoms. The van der Waals surface area contributed by atoms with Crippen LogP contribution >= 0.6 is 0 Å². The lowest BCUT2D eigenvalue weighted by atomic mass is 10.0. The first-order chi connectivity index (χ1) is 11.7. The molecule has 136 valence electrons. The Morgan fingerprint density at radius 2 is 1.36 bits per heavy atom. The molecule has 25 heavy (non-hydrogen) atoms. The van der Waals surface area contributed by atoms with Gasteiger partial charge < -0.3 is 18.9 Å². The lowest BCUT2D eigenvalue weighted by Gasteiger charge is -2.26. The van der Waals surface area contributed by atoms with Gasteiger partial charge in [0, 0.05) is 27.7 Å². The second kappa shape index (κ2) is 9.41. The Balaban J connectivity index is 3.09. The number of carbonyl (C=O) groups excluding carboxylic acids is 4. The van der Waals surface area contributed by atoms with Crippen LogP contribution in [0.15, 0.2) is 24.3 Å². The first-order valence-electron chi connectivity index (χ1n) is 7.45. The fourth-order valence-electron chi connectivity index (χ4n) is 2.02. The Hall–Kier alpha value is -2.90. The topological polar surface area (TPSA) is 105 Å². The van der Waals surface area contributed by atoms with E-state index in [0.717, 1.165) is 0 Å². The molecule has 0 saturated heterocycles. The number of hydrogen-bond acceptors (Lipinski definition) is 8. The highest BCUT2D eigenvalue weighted by Gasteiger charge is 2.30. The summed E-state index contributed by atoms with van der Waals surface area (Å²) in [6.45, 7) is 4.59. The van der Waals surface area contributed by atoms with Gasteiger partial charge >= 0.3 is 23.9 Å². The van der Waals surface area contributed by atoms with Gasteiger partial charge in [-0.1, -0.05) is 12.1 Å². The zero-order chi connectivity index (χ0) is 19.0. The van der Waals surface area contributed by atoms with Gasteiger partial charge in [-0.25, -0.2) is 0 Å². The molecule has 0 spiro atoms. The maximum absolute atomic E-state index is 11.4. The molecule has 0 aliphatic rings. The number of ether oxygens (including phenoxy) is 4. The van der Waals surface area contributed by atoms with Crippen LogP contribution in [0.1, 0.15) is 39.4 Å². The van der Waals surface area contributed by atoms with Crippen LogP contribution in [0, 0.1) is 0 Å². The van der Waals surface area contributed by atoms with Crippen LogP contribution in [-0.2, 0) is 33.4 Å². The summed E-state index contributed by atoms with van der Waals surface area (Å²) in [6, 6.07) is 6.11. The summed E-state index contributed by atoms with van der Waals surface area (Å²) < 4.78 is 20.2. The van der Waals surface area contributed by atoms with Crippen molar-refractivity contribution in [3.05, 3.63) is 29.8 Å². The summed E-state index contributed by atoms with van der Waals surface area (Å²) in [5.41, 5.74) is 0.476. The Bertz CT molecular complexity index is 635. The molecule has 0 fully saturated rings. The zero-order valence-corrected chi connectivity index (χ0v) is 14.4. The lowest BCUT2D eigenvalue weighted by molar-refractivity contribution is -0.173. The van der Waals surface area contributed by atoms with Crippen LogP contribution < -0.4 is 4.74 Å². The molecule has 0 amide bonds. The van der Waals surface area contributed by atoms with Crippen molar-refractivity contribution in [2.75, 3.05) is 6.61 Å². The second-order valence-corrected chi connectivity index (χ2v) is 5.14. The van der Waals surface area contributed by atoms with Gasteiger partial charge in [-0.05, 0) is 17.7 Å². The van der Waals surface area contributed by atoms with E-state index in [0.29, 0.717) is 11.3 Å². The van der Waals surface area contributed by atoms with Gasteiger partial charge in [0.15, 0.2) is 12.2 Å². The SMILES string of the molecule is CC(=O)OC[C@@H](OC(C)=O)[C@@H](OC(C)=O)c1ccc(OC(C)=O)cc1. The molecule has 1 aromatic carbocycles.